The molecule has 0 aliphatic rings. The average Bonchev–Trinajstić information content (AvgIpc) is 2.36. The molecule has 0 rings (SSSR count). The summed E-state index contributed by atoms with van der Waals surface area (Å²) >= 11 is 0. The van der Waals surface area contributed by atoms with Gasteiger partial charge in [-0.05, 0) is 26.7 Å². The van der Waals surface area contributed by atoms with E-state index in [9.17, 15) is 9.36 Å². The Morgan fingerprint density at radius 3 is 2.11 bits per heavy atom. The van der Waals surface area contributed by atoms with Gasteiger partial charge in [0, 0.05) is 6.42 Å². The van der Waals surface area contributed by atoms with Crippen molar-refractivity contribution in [2.45, 2.75) is 46.5 Å². The number of esters is 1. The number of hydrogen-bond acceptors (Lipinski definition) is 6. The SMILES string of the molecule is CCCCOC(=O)CCCOP(=O)(OCC)OCC. The molecule has 0 radical (unpaired) electrons. The maximum Gasteiger partial charge on any atom is 0.474 e. The molecule has 0 aromatic rings. The molecule has 0 amide bonds. The van der Waals surface area contributed by atoms with Crippen molar-refractivity contribution in [2.24, 2.45) is 0 Å². The molecule has 0 spiro atoms. The van der Waals surface area contributed by atoms with Crippen LogP contribution in [-0.4, -0.2) is 32.4 Å². The third kappa shape index (κ3) is 10.1. The van der Waals surface area contributed by atoms with Gasteiger partial charge >= 0.3 is 13.8 Å². The number of hydrogen-bond donors (Lipinski definition) is 0. The summed E-state index contributed by atoms with van der Waals surface area (Å²) < 4.78 is 31.9. The third-order valence-corrected chi connectivity index (χ3v) is 3.76. The Bertz CT molecular complexity index is 271. The zero-order valence-corrected chi connectivity index (χ0v) is 12.9. The van der Waals surface area contributed by atoms with Crippen molar-refractivity contribution in [1.82, 2.24) is 0 Å². The molecule has 0 aromatic heterocycles. The fourth-order valence-corrected chi connectivity index (χ4v) is 2.43. The molecule has 0 atom stereocenters. The van der Waals surface area contributed by atoms with E-state index < -0.39 is 7.82 Å². The second-order valence-corrected chi connectivity index (χ2v) is 5.46. The first kappa shape index (κ1) is 18.6. The van der Waals surface area contributed by atoms with E-state index in [0.29, 0.717) is 13.0 Å². The van der Waals surface area contributed by atoms with Crippen LogP contribution in [0.3, 0.4) is 0 Å². The first-order valence-electron chi connectivity index (χ1n) is 6.77. The minimum atomic E-state index is -3.46. The van der Waals surface area contributed by atoms with Gasteiger partial charge in [0.25, 0.3) is 0 Å². The summed E-state index contributed by atoms with van der Waals surface area (Å²) in [6.07, 6.45) is 2.52. The third-order valence-electron chi connectivity index (χ3n) is 2.11. The Morgan fingerprint density at radius 2 is 1.58 bits per heavy atom. The summed E-state index contributed by atoms with van der Waals surface area (Å²) in [5, 5.41) is 0. The molecule has 0 N–H and O–H groups in total. The smallest absolute Gasteiger partial charge is 0.466 e. The van der Waals surface area contributed by atoms with Crippen LogP contribution in [0.4, 0.5) is 0 Å². The second kappa shape index (κ2) is 11.4. The summed E-state index contributed by atoms with van der Waals surface area (Å²) in [4.78, 5) is 11.3. The number of phosphoric ester groups is 1. The molecule has 0 saturated carbocycles. The van der Waals surface area contributed by atoms with E-state index in [-0.39, 0.29) is 32.2 Å². The number of unbranched alkanes of at least 4 members (excludes halogenated alkanes) is 1. The highest BCUT2D eigenvalue weighted by molar-refractivity contribution is 7.48. The molecular weight excluding hydrogens is 271 g/mol. The Morgan fingerprint density at radius 1 is 0.947 bits per heavy atom. The number of ether oxygens (including phenoxy) is 1. The van der Waals surface area contributed by atoms with Crippen molar-refractivity contribution < 1.29 is 27.7 Å². The molecule has 0 fully saturated rings. The van der Waals surface area contributed by atoms with Crippen molar-refractivity contribution in [3.8, 4) is 0 Å². The van der Waals surface area contributed by atoms with Gasteiger partial charge in [-0.25, -0.2) is 4.57 Å². The van der Waals surface area contributed by atoms with Gasteiger partial charge in [-0.2, -0.15) is 0 Å². The van der Waals surface area contributed by atoms with Gasteiger partial charge in [-0.15, -0.1) is 0 Å². The van der Waals surface area contributed by atoms with E-state index in [0.717, 1.165) is 12.8 Å². The van der Waals surface area contributed by atoms with Crippen LogP contribution >= 0.6 is 7.82 Å². The van der Waals surface area contributed by atoms with Gasteiger partial charge < -0.3 is 4.74 Å². The molecule has 0 unspecified atom stereocenters. The van der Waals surface area contributed by atoms with E-state index in [1.165, 1.54) is 0 Å². The number of phosphoric acid groups is 1. The van der Waals surface area contributed by atoms with Crippen LogP contribution in [0.25, 0.3) is 0 Å². The quantitative estimate of drug-likeness (QED) is 0.312. The number of rotatable bonds is 12. The lowest BCUT2D eigenvalue weighted by Gasteiger charge is -2.16. The van der Waals surface area contributed by atoms with Crippen LogP contribution in [0.15, 0.2) is 0 Å². The predicted molar refractivity (Wildman–Crippen MR) is 71.9 cm³/mol. The summed E-state index contributed by atoms with van der Waals surface area (Å²) in [5.41, 5.74) is 0. The molecule has 0 aromatic carbocycles. The van der Waals surface area contributed by atoms with Crippen molar-refractivity contribution >= 4 is 13.8 Å². The summed E-state index contributed by atoms with van der Waals surface area (Å²) in [6.45, 7) is 6.53. The van der Waals surface area contributed by atoms with Crippen LogP contribution in [-0.2, 0) is 27.7 Å². The molecule has 6 nitrogen and oxygen atoms in total. The summed E-state index contributed by atoms with van der Waals surface area (Å²) in [6, 6.07) is 0. The van der Waals surface area contributed by atoms with E-state index in [2.05, 4.69) is 0 Å². The fraction of sp³-hybridized carbons (Fsp3) is 0.917. The second-order valence-electron chi connectivity index (χ2n) is 3.79. The van der Waals surface area contributed by atoms with Crippen LogP contribution < -0.4 is 0 Å². The van der Waals surface area contributed by atoms with Crippen LogP contribution in [0.2, 0.25) is 0 Å². The number of carbonyl (C=O) groups is 1. The van der Waals surface area contributed by atoms with Gasteiger partial charge in [0.15, 0.2) is 0 Å². The van der Waals surface area contributed by atoms with Gasteiger partial charge in [-0.1, -0.05) is 13.3 Å². The lowest BCUT2D eigenvalue weighted by Crippen LogP contribution is -2.07. The van der Waals surface area contributed by atoms with Crippen molar-refractivity contribution in [1.29, 1.82) is 0 Å². The Kier molecular flexibility index (Phi) is 11.2. The first-order valence-corrected chi connectivity index (χ1v) is 8.23. The minimum absolute atomic E-state index is 0.139. The molecule has 0 aliphatic carbocycles. The summed E-state index contributed by atoms with van der Waals surface area (Å²) in [5.74, 6) is -0.264. The normalized spacial score (nSPS) is 11.5. The van der Waals surface area contributed by atoms with E-state index in [1.54, 1.807) is 13.8 Å². The zero-order valence-electron chi connectivity index (χ0n) is 12.1. The topological polar surface area (TPSA) is 71.1 Å². The largest absolute Gasteiger partial charge is 0.474 e. The molecular formula is C12H25O6P. The lowest BCUT2D eigenvalue weighted by molar-refractivity contribution is -0.144. The number of carbonyl (C=O) groups excluding carboxylic acids is 1. The molecule has 0 aliphatic heterocycles. The van der Waals surface area contributed by atoms with Gasteiger partial charge in [0.05, 0.1) is 26.4 Å². The Labute approximate surface area is 115 Å². The van der Waals surface area contributed by atoms with Crippen LogP contribution in [0, 0.1) is 0 Å². The first-order chi connectivity index (χ1) is 9.08. The highest BCUT2D eigenvalue weighted by Crippen LogP contribution is 2.49. The Hall–Kier alpha value is -0.420. The average molecular weight is 296 g/mol. The maximum atomic E-state index is 11.9. The van der Waals surface area contributed by atoms with Crippen molar-refractivity contribution in [3.05, 3.63) is 0 Å². The standard InChI is InChI=1S/C12H25O6P/c1-4-7-10-15-12(13)9-8-11-18-19(14,16-5-2)17-6-3/h4-11H2,1-3H3. The van der Waals surface area contributed by atoms with Gasteiger partial charge in [0.1, 0.15) is 0 Å². The predicted octanol–water partition coefficient (Wildman–Crippen LogP) is 3.31. The molecule has 7 heteroatoms. The fourth-order valence-electron chi connectivity index (χ4n) is 1.22. The van der Waals surface area contributed by atoms with E-state index in [1.807, 2.05) is 6.92 Å². The maximum absolute atomic E-state index is 11.9. The van der Waals surface area contributed by atoms with Crippen molar-refractivity contribution in [2.75, 3.05) is 26.4 Å². The zero-order chi connectivity index (χ0) is 14.6. The molecule has 114 valence electrons. The molecule has 19 heavy (non-hydrogen) atoms. The molecule has 0 bridgehead atoms. The van der Waals surface area contributed by atoms with E-state index in [4.69, 9.17) is 18.3 Å². The highest BCUT2D eigenvalue weighted by atomic mass is 31.2. The molecule has 0 heterocycles. The highest BCUT2D eigenvalue weighted by Gasteiger charge is 2.24. The van der Waals surface area contributed by atoms with Crippen molar-refractivity contribution in [3.63, 3.8) is 0 Å². The lowest BCUT2D eigenvalue weighted by atomic mass is 10.3. The minimum Gasteiger partial charge on any atom is -0.466 e. The van der Waals surface area contributed by atoms with Gasteiger partial charge in [-0.3, -0.25) is 18.4 Å². The summed E-state index contributed by atoms with van der Waals surface area (Å²) in [7, 11) is -3.46. The van der Waals surface area contributed by atoms with Crippen LogP contribution in [0.1, 0.15) is 46.5 Å². The van der Waals surface area contributed by atoms with Gasteiger partial charge in [0.2, 0.25) is 0 Å². The van der Waals surface area contributed by atoms with Crippen LogP contribution in [0.5, 0.6) is 0 Å². The Balaban J connectivity index is 3.76. The monoisotopic (exact) mass is 296 g/mol. The molecule has 0 saturated heterocycles. The van der Waals surface area contributed by atoms with E-state index >= 15 is 0 Å².